The maximum absolute atomic E-state index is 12.9. The molecule has 0 spiro atoms. The monoisotopic (exact) mass is 333 g/mol. The average molecular weight is 334 g/mol. The van der Waals surface area contributed by atoms with E-state index in [1.807, 2.05) is 0 Å². The number of carbonyl (C=O) groups is 1. The number of rotatable bonds is 1. The number of fused-ring (bicyclic) bond motifs is 3. The first-order valence-electron chi connectivity index (χ1n) is 7.77. The SMILES string of the molecule is O=C(c1cc2cc(Cl)ccc2oc1=O)N1[C@@H]2CC[C@H]1CC(O)C2. The molecule has 23 heavy (non-hydrogen) atoms. The minimum absolute atomic E-state index is 0.00529. The van der Waals surface area contributed by atoms with Crippen molar-refractivity contribution in [3.63, 3.8) is 0 Å². The zero-order valence-corrected chi connectivity index (χ0v) is 13.1. The molecule has 0 saturated carbocycles. The molecule has 2 fully saturated rings. The van der Waals surface area contributed by atoms with Gasteiger partial charge in [0.05, 0.1) is 6.10 Å². The molecule has 2 bridgehead atoms. The Hall–Kier alpha value is -1.85. The number of benzene rings is 1. The predicted octanol–water partition coefficient (Wildman–Crippen LogP) is 2.57. The van der Waals surface area contributed by atoms with E-state index >= 15 is 0 Å². The maximum atomic E-state index is 12.9. The summed E-state index contributed by atoms with van der Waals surface area (Å²) >= 11 is 5.97. The van der Waals surface area contributed by atoms with Crippen LogP contribution >= 0.6 is 11.6 Å². The Morgan fingerprint density at radius 3 is 2.61 bits per heavy atom. The lowest BCUT2D eigenvalue weighted by Gasteiger charge is -2.37. The van der Waals surface area contributed by atoms with Gasteiger partial charge >= 0.3 is 5.63 Å². The Morgan fingerprint density at radius 2 is 1.91 bits per heavy atom. The van der Waals surface area contributed by atoms with Gasteiger partial charge in [-0.2, -0.15) is 0 Å². The lowest BCUT2D eigenvalue weighted by Crippen LogP contribution is -2.48. The number of hydrogen-bond donors (Lipinski definition) is 1. The number of aliphatic hydroxyl groups excluding tert-OH is 1. The van der Waals surface area contributed by atoms with Crippen molar-refractivity contribution in [1.82, 2.24) is 4.90 Å². The lowest BCUT2D eigenvalue weighted by atomic mass is 9.99. The molecule has 2 aliphatic heterocycles. The van der Waals surface area contributed by atoms with Crippen molar-refractivity contribution >= 4 is 28.5 Å². The molecule has 2 saturated heterocycles. The van der Waals surface area contributed by atoms with Gasteiger partial charge in [-0.05, 0) is 49.9 Å². The number of aliphatic hydroxyl groups is 1. The quantitative estimate of drug-likeness (QED) is 0.814. The van der Waals surface area contributed by atoms with Gasteiger partial charge in [0.2, 0.25) is 0 Å². The topological polar surface area (TPSA) is 70.8 Å². The fourth-order valence-electron chi connectivity index (χ4n) is 3.86. The second-order valence-electron chi connectivity index (χ2n) is 6.35. The van der Waals surface area contributed by atoms with Crippen LogP contribution in [-0.2, 0) is 0 Å². The van der Waals surface area contributed by atoms with Gasteiger partial charge in [0.25, 0.3) is 5.91 Å². The van der Waals surface area contributed by atoms with E-state index in [2.05, 4.69) is 0 Å². The highest BCUT2D eigenvalue weighted by Gasteiger charge is 2.43. The van der Waals surface area contributed by atoms with Crippen LogP contribution in [0.25, 0.3) is 11.0 Å². The molecule has 0 aliphatic carbocycles. The van der Waals surface area contributed by atoms with Crippen LogP contribution in [0.5, 0.6) is 0 Å². The predicted molar refractivity (Wildman–Crippen MR) is 85.7 cm³/mol. The fourth-order valence-corrected chi connectivity index (χ4v) is 4.04. The first kappa shape index (κ1) is 14.7. The molecule has 3 heterocycles. The van der Waals surface area contributed by atoms with Crippen LogP contribution in [0.1, 0.15) is 36.0 Å². The molecule has 1 aromatic carbocycles. The van der Waals surface area contributed by atoms with E-state index in [9.17, 15) is 14.7 Å². The second-order valence-corrected chi connectivity index (χ2v) is 6.79. The zero-order valence-electron chi connectivity index (χ0n) is 12.4. The minimum Gasteiger partial charge on any atom is -0.422 e. The van der Waals surface area contributed by atoms with Crippen molar-refractivity contribution in [2.45, 2.75) is 43.9 Å². The molecular weight excluding hydrogens is 318 g/mol. The maximum Gasteiger partial charge on any atom is 0.349 e. The smallest absolute Gasteiger partial charge is 0.349 e. The van der Waals surface area contributed by atoms with Crippen molar-refractivity contribution in [2.24, 2.45) is 0 Å². The normalized spacial score (nSPS) is 26.7. The number of amides is 1. The van der Waals surface area contributed by atoms with Gasteiger partial charge in [-0.15, -0.1) is 0 Å². The first-order chi connectivity index (χ1) is 11.0. The minimum atomic E-state index is -0.629. The summed E-state index contributed by atoms with van der Waals surface area (Å²) in [6.07, 6.45) is 2.54. The third kappa shape index (κ3) is 2.44. The van der Waals surface area contributed by atoms with Crippen LogP contribution in [0.15, 0.2) is 33.5 Å². The Bertz CT molecular complexity index is 832. The molecular formula is C17H16ClNO4. The molecule has 2 aromatic rings. The van der Waals surface area contributed by atoms with E-state index in [0.717, 1.165) is 12.8 Å². The molecule has 5 nitrogen and oxygen atoms in total. The van der Waals surface area contributed by atoms with Crippen LogP contribution in [0.2, 0.25) is 5.02 Å². The molecule has 2 aliphatic rings. The summed E-state index contributed by atoms with van der Waals surface area (Å²) in [7, 11) is 0. The largest absolute Gasteiger partial charge is 0.422 e. The Labute approximate surface area is 137 Å². The highest BCUT2D eigenvalue weighted by molar-refractivity contribution is 6.31. The molecule has 1 N–H and O–H groups in total. The van der Waals surface area contributed by atoms with Crippen LogP contribution < -0.4 is 5.63 Å². The molecule has 120 valence electrons. The summed E-state index contributed by atoms with van der Waals surface area (Å²) in [5.74, 6) is -0.306. The summed E-state index contributed by atoms with van der Waals surface area (Å²) < 4.78 is 5.26. The highest BCUT2D eigenvalue weighted by Crippen LogP contribution is 2.36. The van der Waals surface area contributed by atoms with Crippen LogP contribution in [0, 0.1) is 0 Å². The number of piperidine rings is 1. The number of carbonyl (C=O) groups excluding carboxylic acids is 1. The third-order valence-electron chi connectivity index (χ3n) is 4.87. The number of halogens is 1. The summed E-state index contributed by atoms with van der Waals surface area (Å²) in [6, 6.07) is 6.50. The van der Waals surface area contributed by atoms with Gasteiger partial charge in [-0.1, -0.05) is 11.6 Å². The molecule has 1 amide bonds. The molecule has 3 atom stereocenters. The van der Waals surface area contributed by atoms with Crippen LogP contribution in [-0.4, -0.2) is 34.1 Å². The standard InChI is InChI=1S/C17H16ClNO4/c18-10-1-4-15-9(5-10)6-14(17(22)23-15)16(21)19-11-2-3-12(19)8-13(20)7-11/h1,4-6,11-13,20H,2-3,7-8H2/t11-,12+,13?. The fraction of sp³-hybridized carbons (Fsp3) is 0.412. The van der Waals surface area contributed by atoms with Crippen molar-refractivity contribution in [2.75, 3.05) is 0 Å². The van der Waals surface area contributed by atoms with Crippen molar-refractivity contribution < 1.29 is 14.3 Å². The molecule has 1 aromatic heterocycles. The average Bonchev–Trinajstić information content (AvgIpc) is 2.78. The van der Waals surface area contributed by atoms with E-state index in [-0.39, 0.29) is 29.7 Å². The van der Waals surface area contributed by atoms with Gasteiger partial charge in [0, 0.05) is 22.5 Å². The van der Waals surface area contributed by atoms with Gasteiger partial charge in [0.1, 0.15) is 11.1 Å². The Kier molecular flexibility index (Phi) is 3.43. The third-order valence-corrected chi connectivity index (χ3v) is 5.10. The molecule has 4 rings (SSSR count). The van der Waals surface area contributed by atoms with E-state index in [1.165, 1.54) is 0 Å². The van der Waals surface area contributed by atoms with E-state index in [4.69, 9.17) is 16.0 Å². The number of nitrogens with zero attached hydrogens (tertiary/aromatic N) is 1. The molecule has 6 heteroatoms. The summed E-state index contributed by atoms with van der Waals surface area (Å²) in [4.78, 5) is 26.8. The van der Waals surface area contributed by atoms with Crippen LogP contribution in [0.4, 0.5) is 0 Å². The first-order valence-corrected chi connectivity index (χ1v) is 8.15. The molecule has 1 unspecified atom stereocenters. The Morgan fingerprint density at radius 1 is 1.22 bits per heavy atom. The van der Waals surface area contributed by atoms with Crippen molar-refractivity contribution in [3.05, 3.63) is 45.3 Å². The van der Waals surface area contributed by atoms with Crippen molar-refractivity contribution in [3.8, 4) is 0 Å². The van der Waals surface area contributed by atoms with Crippen molar-refractivity contribution in [1.29, 1.82) is 0 Å². The number of hydrogen-bond acceptors (Lipinski definition) is 4. The highest BCUT2D eigenvalue weighted by atomic mass is 35.5. The van der Waals surface area contributed by atoms with E-state index in [0.29, 0.717) is 28.8 Å². The Balaban J connectivity index is 1.75. The molecule has 0 radical (unpaired) electrons. The van der Waals surface area contributed by atoms with Gasteiger partial charge in [0.15, 0.2) is 0 Å². The van der Waals surface area contributed by atoms with Crippen LogP contribution in [0.3, 0.4) is 0 Å². The lowest BCUT2D eigenvalue weighted by molar-refractivity contribution is 0.0284. The zero-order chi connectivity index (χ0) is 16.1. The van der Waals surface area contributed by atoms with E-state index < -0.39 is 5.63 Å². The summed E-state index contributed by atoms with van der Waals surface area (Å²) in [6.45, 7) is 0. The van der Waals surface area contributed by atoms with Gasteiger partial charge in [-0.3, -0.25) is 4.79 Å². The summed E-state index contributed by atoms with van der Waals surface area (Å²) in [5.41, 5.74) is -0.184. The van der Waals surface area contributed by atoms with Gasteiger partial charge in [-0.25, -0.2) is 4.79 Å². The van der Waals surface area contributed by atoms with E-state index in [1.54, 1.807) is 29.2 Å². The second kappa shape index (κ2) is 5.35. The van der Waals surface area contributed by atoms with Gasteiger partial charge < -0.3 is 14.4 Å². The summed E-state index contributed by atoms with van der Waals surface area (Å²) in [5, 5.41) is 11.0.